The highest BCUT2D eigenvalue weighted by Gasteiger charge is 2.56. The Morgan fingerprint density at radius 1 is 1.56 bits per heavy atom. The van der Waals surface area contributed by atoms with Crippen LogP contribution in [0.3, 0.4) is 0 Å². The van der Waals surface area contributed by atoms with Crippen molar-refractivity contribution in [1.29, 1.82) is 0 Å². The normalized spacial score (nSPS) is 25.1. The van der Waals surface area contributed by atoms with E-state index < -0.39 is 11.4 Å². The molecule has 0 radical (unpaired) electrons. The van der Waals surface area contributed by atoms with Crippen LogP contribution >= 0.6 is 11.3 Å². The van der Waals surface area contributed by atoms with E-state index in [1.165, 1.54) is 0 Å². The van der Waals surface area contributed by atoms with Crippen molar-refractivity contribution in [2.75, 3.05) is 26.8 Å². The second-order valence-corrected chi connectivity index (χ2v) is 7.77. The molecular formula is C18H20N2O4S. The van der Waals surface area contributed by atoms with E-state index in [0.29, 0.717) is 31.1 Å². The summed E-state index contributed by atoms with van der Waals surface area (Å²) in [7, 11) is 1.60. The number of aryl methyl sites for hydroxylation is 1. The monoisotopic (exact) mass is 360 g/mol. The molecule has 25 heavy (non-hydrogen) atoms. The van der Waals surface area contributed by atoms with Gasteiger partial charge in [0.05, 0.1) is 17.8 Å². The van der Waals surface area contributed by atoms with Gasteiger partial charge in [-0.05, 0) is 13.0 Å². The van der Waals surface area contributed by atoms with Crippen LogP contribution in [0.5, 0.6) is 11.5 Å². The number of carboxylic acids is 1. The van der Waals surface area contributed by atoms with Crippen molar-refractivity contribution >= 4 is 17.3 Å². The molecule has 6 nitrogen and oxygen atoms in total. The summed E-state index contributed by atoms with van der Waals surface area (Å²) < 4.78 is 11.3. The molecule has 0 spiro atoms. The zero-order valence-corrected chi connectivity index (χ0v) is 15.0. The maximum absolute atomic E-state index is 12.2. The number of fused-ring (bicyclic) bond motifs is 3. The number of ether oxygens (including phenoxy) is 2. The molecule has 7 heteroatoms. The first kappa shape index (κ1) is 16.4. The third-order valence-electron chi connectivity index (χ3n) is 5.17. The van der Waals surface area contributed by atoms with E-state index in [9.17, 15) is 9.90 Å². The van der Waals surface area contributed by atoms with Crippen LogP contribution < -0.4 is 9.47 Å². The summed E-state index contributed by atoms with van der Waals surface area (Å²) in [6, 6.07) is 5.69. The fourth-order valence-electron chi connectivity index (χ4n) is 3.98. The zero-order valence-electron chi connectivity index (χ0n) is 14.2. The Kier molecular flexibility index (Phi) is 3.92. The van der Waals surface area contributed by atoms with Crippen LogP contribution in [0.1, 0.15) is 22.2 Å². The van der Waals surface area contributed by atoms with Crippen LogP contribution in [0.4, 0.5) is 0 Å². The Morgan fingerprint density at radius 2 is 2.40 bits per heavy atom. The fourth-order valence-corrected chi connectivity index (χ4v) is 4.58. The average molecular weight is 360 g/mol. The van der Waals surface area contributed by atoms with Gasteiger partial charge in [-0.3, -0.25) is 9.69 Å². The summed E-state index contributed by atoms with van der Waals surface area (Å²) in [5.74, 6) is 0.412. The quantitative estimate of drug-likeness (QED) is 0.903. The third-order valence-corrected chi connectivity index (χ3v) is 5.99. The van der Waals surface area contributed by atoms with Crippen molar-refractivity contribution in [2.45, 2.75) is 19.4 Å². The number of rotatable bonds is 4. The predicted molar refractivity (Wildman–Crippen MR) is 93.4 cm³/mol. The summed E-state index contributed by atoms with van der Waals surface area (Å²) in [6.45, 7) is 3.93. The van der Waals surface area contributed by atoms with Crippen molar-refractivity contribution in [3.63, 3.8) is 0 Å². The third kappa shape index (κ3) is 2.58. The number of carboxylic acid groups (broad SMARTS) is 1. The van der Waals surface area contributed by atoms with Gasteiger partial charge in [-0.15, -0.1) is 11.3 Å². The molecule has 0 saturated carbocycles. The van der Waals surface area contributed by atoms with Gasteiger partial charge in [0.1, 0.15) is 12.0 Å². The molecule has 2 aliphatic heterocycles. The molecule has 1 aromatic heterocycles. The summed E-state index contributed by atoms with van der Waals surface area (Å²) in [4.78, 5) is 18.9. The standard InChI is InChI=1S/C18H20N2O4S/c1-11-19-12(8-25-11)6-20-7-14-13-4-3-5-15(23-2)16(13)24-10-18(14,9-20)17(21)22/h3-5,8,14H,6-7,9-10H2,1-2H3,(H,21,22)/t14-,18-/m1/s1. The van der Waals surface area contributed by atoms with E-state index in [1.54, 1.807) is 18.4 Å². The van der Waals surface area contributed by atoms with Gasteiger partial charge in [0, 0.05) is 36.5 Å². The first-order valence-corrected chi connectivity index (χ1v) is 9.08. The van der Waals surface area contributed by atoms with Crippen molar-refractivity contribution in [3.05, 3.63) is 39.8 Å². The number of hydrogen-bond donors (Lipinski definition) is 1. The lowest BCUT2D eigenvalue weighted by Gasteiger charge is -2.36. The average Bonchev–Trinajstić information content (AvgIpc) is 3.18. The highest BCUT2D eigenvalue weighted by atomic mass is 32.1. The van der Waals surface area contributed by atoms with E-state index in [4.69, 9.17) is 9.47 Å². The number of likely N-dealkylation sites (tertiary alicyclic amines) is 1. The van der Waals surface area contributed by atoms with Crippen LogP contribution in [0.15, 0.2) is 23.6 Å². The molecule has 0 amide bonds. The lowest BCUT2D eigenvalue weighted by atomic mass is 9.73. The highest BCUT2D eigenvalue weighted by molar-refractivity contribution is 7.09. The van der Waals surface area contributed by atoms with Gasteiger partial charge in [0.2, 0.25) is 0 Å². The largest absolute Gasteiger partial charge is 0.493 e. The van der Waals surface area contributed by atoms with Gasteiger partial charge in [0.15, 0.2) is 11.5 Å². The number of para-hydroxylation sites is 1. The summed E-state index contributed by atoms with van der Waals surface area (Å²) in [5.41, 5.74) is 0.989. The number of benzene rings is 1. The summed E-state index contributed by atoms with van der Waals surface area (Å²) in [5, 5.41) is 13.1. The highest BCUT2D eigenvalue weighted by Crippen LogP contribution is 2.52. The Morgan fingerprint density at radius 3 is 3.08 bits per heavy atom. The maximum Gasteiger partial charge on any atom is 0.315 e. The second kappa shape index (κ2) is 6.00. The molecule has 0 unspecified atom stereocenters. The van der Waals surface area contributed by atoms with Gasteiger partial charge < -0.3 is 14.6 Å². The molecule has 1 N–H and O–H groups in total. The fraction of sp³-hybridized carbons (Fsp3) is 0.444. The zero-order chi connectivity index (χ0) is 17.6. The van der Waals surface area contributed by atoms with Crippen LogP contribution in [0.25, 0.3) is 0 Å². The van der Waals surface area contributed by atoms with Crippen molar-refractivity contribution in [3.8, 4) is 11.5 Å². The van der Waals surface area contributed by atoms with Crippen molar-refractivity contribution in [2.24, 2.45) is 5.41 Å². The first-order chi connectivity index (χ1) is 12.0. The van der Waals surface area contributed by atoms with Crippen LogP contribution in [0, 0.1) is 12.3 Å². The number of aliphatic carboxylic acids is 1. The van der Waals surface area contributed by atoms with E-state index in [2.05, 4.69) is 9.88 Å². The van der Waals surface area contributed by atoms with Crippen LogP contribution in [0.2, 0.25) is 0 Å². The number of nitrogens with zero attached hydrogens (tertiary/aromatic N) is 2. The topological polar surface area (TPSA) is 71.9 Å². The van der Waals surface area contributed by atoms with E-state index in [1.807, 2.05) is 30.5 Å². The smallest absolute Gasteiger partial charge is 0.315 e. The summed E-state index contributed by atoms with van der Waals surface area (Å²) >= 11 is 1.62. The number of methoxy groups -OCH3 is 1. The number of aromatic nitrogens is 1. The Balaban J connectivity index is 1.68. The van der Waals surface area contributed by atoms with Gasteiger partial charge >= 0.3 is 5.97 Å². The Labute approximate surface area is 150 Å². The van der Waals surface area contributed by atoms with Gasteiger partial charge in [-0.1, -0.05) is 12.1 Å². The Hall–Kier alpha value is -2.12. The lowest BCUT2D eigenvalue weighted by molar-refractivity contribution is -0.152. The molecule has 1 aromatic carbocycles. The van der Waals surface area contributed by atoms with Crippen LogP contribution in [-0.4, -0.2) is 47.8 Å². The molecule has 2 aliphatic rings. The number of thiazole rings is 1. The van der Waals surface area contributed by atoms with Gasteiger partial charge in [0.25, 0.3) is 0 Å². The number of carbonyl (C=O) groups is 1. The maximum atomic E-state index is 12.2. The number of hydrogen-bond acceptors (Lipinski definition) is 6. The predicted octanol–water partition coefficient (Wildman–Crippen LogP) is 2.52. The van der Waals surface area contributed by atoms with E-state index in [-0.39, 0.29) is 12.5 Å². The van der Waals surface area contributed by atoms with Crippen molar-refractivity contribution < 1.29 is 19.4 Å². The molecule has 3 heterocycles. The molecule has 132 valence electrons. The van der Waals surface area contributed by atoms with Crippen LogP contribution in [-0.2, 0) is 11.3 Å². The molecule has 1 saturated heterocycles. The summed E-state index contributed by atoms with van der Waals surface area (Å²) in [6.07, 6.45) is 0. The van der Waals surface area contributed by atoms with E-state index in [0.717, 1.165) is 16.3 Å². The molecule has 2 aromatic rings. The minimum Gasteiger partial charge on any atom is -0.493 e. The molecule has 0 bridgehead atoms. The molecule has 1 fully saturated rings. The second-order valence-electron chi connectivity index (χ2n) is 6.71. The molecule has 0 aliphatic carbocycles. The Bertz CT molecular complexity index is 821. The molecule has 2 atom stereocenters. The molecular weight excluding hydrogens is 340 g/mol. The van der Waals surface area contributed by atoms with E-state index >= 15 is 0 Å². The lowest BCUT2D eigenvalue weighted by Crippen LogP contribution is -2.45. The van der Waals surface area contributed by atoms with Gasteiger partial charge in [-0.25, -0.2) is 4.98 Å². The minimum absolute atomic E-state index is 0.122. The van der Waals surface area contributed by atoms with Crippen molar-refractivity contribution in [1.82, 2.24) is 9.88 Å². The minimum atomic E-state index is -0.926. The SMILES string of the molecule is COc1cccc2c1OC[C@]1(C(=O)O)CN(Cc3csc(C)n3)C[C@H]21. The van der Waals surface area contributed by atoms with Gasteiger partial charge in [-0.2, -0.15) is 0 Å². The molecule has 4 rings (SSSR count). The first-order valence-electron chi connectivity index (χ1n) is 8.20.